The van der Waals surface area contributed by atoms with E-state index in [-0.39, 0.29) is 18.1 Å². The highest BCUT2D eigenvalue weighted by Gasteiger charge is 2.32. The van der Waals surface area contributed by atoms with Gasteiger partial charge in [-0.15, -0.1) is 0 Å². The Morgan fingerprint density at radius 3 is 2.56 bits per heavy atom. The second kappa shape index (κ2) is 4.34. The number of benzene rings is 1. The quantitative estimate of drug-likeness (QED) is 0.460. The Balaban J connectivity index is 2.43. The molecule has 0 aliphatic carbocycles. The number of anilines is 1. The van der Waals surface area contributed by atoms with Crippen molar-refractivity contribution in [1.29, 1.82) is 0 Å². The van der Waals surface area contributed by atoms with Crippen LogP contribution in [-0.2, 0) is 4.79 Å². The van der Waals surface area contributed by atoms with Gasteiger partial charge in [-0.2, -0.15) is 0 Å². The number of rotatable bonds is 2. The van der Waals surface area contributed by atoms with Gasteiger partial charge in [0.25, 0.3) is 11.6 Å². The summed E-state index contributed by atoms with van der Waals surface area (Å²) in [6.45, 7) is 1.95. The first-order chi connectivity index (χ1) is 8.41. The molecule has 1 aromatic carbocycles. The number of nitrogens with zero attached hydrogens (tertiary/aromatic N) is 3. The van der Waals surface area contributed by atoms with Crippen LogP contribution >= 0.6 is 12.2 Å². The largest absolute Gasteiger partial charge is 0.342 e. The maximum Gasteiger partial charge on any atom is 0.269 e. The Morgan fingerprint density at radius 1 is 1.44 bits per heavy atom. The van der Waals surface area contributed by atoms with Crippen molar-refractivity contribution in [3.05, 3.63) is 33.9 Å². The summed E-state index contributed by atoms with van der Waals surface area (Å²) in [7, 11) is 1.74. The van der Waals surface area contributed by atoms with Crippen LogP contribution in [0.2, 0.25) is 0 Å². The van der Waals surface area contributed by atoms with Gasteiger partial charge in [0, 0.05) is 19.2 Å². The monoisotopic (exact) mass is 265 g/mol. The Hall–Kier alpha value is -2.02. The Bertz CT molecular complexity index is 558. The van der Waals surface area contributed by atoms with Crippen molar-refractivity contribution in [2.45, 2.75) is 6.92 Å². The molecule has 0 radical (unpaired) electrons. The number of amides is 1. The summed E-state index contributed by atoms with van der Waals surface area (Å²) in [4.78, 5) is 25.1. The lowest BCUT2D eigenvalue weighted by atomic mass is 10.1. The van der Waals surface area contributed by atoms with E-state index in [4.69, 9.17) is 12.2 Å². The van der Waals surface area contributed by atoms with E-state index in [1.54, 1.807) is 24.9 Å². The standard InChI is InChI=1S/C11H11N3O3S/c1-7-5-8(14(16)17)3-4-9(7)13-10(15)6-12(2)11(13)18/h3-5H,6H2,1-2H3. The molecule has 6 nitrogen and oxygen atoms in total. The number of carbonyl (C=O) groups excluding carboxylic acids is 1. The molecule has 18 heavy (non-hydrogen) atoms. The van der Waals surface area contributed by atoms with Crippen LogP contribution in [0.3, 0.4) is 0 Å². The van der Waals surface area contributed by atoms with Crippen molar-refractivity contribution in [2.24, 2.45) is 0 Å². The molecule has 1 aromatic rings. The van der Waals surface area contributed by atoms with Crippen LogP contribution in [0, 0.1) is 17.0 Å². The molecular weight excluding hydrogens is 254 g/mol. The molecule has 2 rings (SSSR count). The number of carbonyl (C=O) groups is 1. The number of hydrogen-bond donors (Lipinski definition) is 0. The Morgan fingerprint density at radius 2 is 2.11 bits per heavy atom. The van der Waals surface area contributed by atoms with Gasteiger partial charge < -0.3 is 4.90 Å². The minimum Gasteiger partial charge on any atom is -0.342 e. The lowest BCUT2D eigenvalue weighted by Crippen LogP contribution is -2.31. The molecule has 1 aliphatic heterocycles. The predicted molar refractivity (Wildman–Crippen MR) is 70.5 cm³/mol. The van der Waals surface area contributed by atoms with Crippen molar-refractivity contribution in [2.75, 3.05) is 18.5 Å². The summed E-state index contributed by atoms with van der Waals surface area (Å²) in [6.07, 6.45) is 0. The molecular formula is C11H11N3O3S. The maximum absolute atomic E-state index is 11.8. The smallest absolute Gasteiger partial charge is 0.269 e. The first-order valence-electron chi connectivity index (χ1n) is 5.25. The Kier molecular flexibility index (Phi) is 3.00. The normalized spacial score (nSPS) is 15.4. The fourth-order valence-electron chi connectivity index (χ4n) is 1.86. The second-order valence-electron chi connectivity index (χ2n) is 4.10. The molecule has 1 fully saturated rings. The predicted octanol–water partition coefficient (Wildman–Crippen LogP) is 1.47. The third-order valence-electron chi connectivity index (χ3n) is 2.77. The fraction of sp³-hybridized carbons (Fsp3) is 0.273. The van der Waals surface area contributed by atoms with Gasteiger partial charge >= 0.3 is 0 Å². The van der Waals surface area contributed by atoms with Crippen LogP contribution in [0.1, 0.15) is 5.56 Å². The van der Waals surface area contributed by atoms with Gasteiger partial charge in [0.1, 0.15) is 0 Å². The Labute approximate surface area is 109 Å². The van der Waals surface area contributed by atoms with Crippen molar-refractivity contribution >= 4 is 34.6 Å². The van der Waals surface area contributed by atoms with Crippen LogP contribution in [0.4, 0.5) is 11.4 Å². The van der Waals surface area contributed by atoms with Crippen LogP contribution in [0.15, 0.2) is 18.2 Å². The van der Waals surface area contributed by atoms with E-state index in [0.29, 0.717) is 16.4 Å². The summed E-state index contributed by atoms with van der Waals surface area (Å²) in [5, 5.41) is 11.1. The van der Waals surface area contributed by atoms with E-state index in [0.717, 1.165) is 0 Å². The van der Waals surface area contributed by atoms with Gasteiger partial charge in [-0.05, 0) is 30.8 Å². The molecule has 1 heterocycles. The highest BCUT2D eigenvalue weighted by atomic mass is 32.1. The average Bonchev–Trinajstić information content (AvgIpc) is 2.54. The molecule has 1 amide bonds. The third kappa shape index (κ3) is 1.92. The summed E-state index contributed by atoms with van der Waals surface area (Å²) in [6, 6.07) is 4.36. The van der Waals surface area contributed by atoms with Crippen LogP contribution in [0.5, 0.6) is 0 Å². The second-order valence-corrected chi connectivity index (χ2v) is 4.46. The highest BCUT2D eigenvalue weighted by Crippen LogP contribution is 2.27. The van der Waals surface area contributed by atoms with Crippen molar-refractivity contribution in [3.63, 3.8) is 0 Å². The van der Waals surface area contributed by atoms with E-state index in [2.05, 4.69) is 0 Å². The SMILES string of the molecule is Cc1cc([N+](=O)[O-])ccc1N1C(=O)CN(C)C1=S. The third-order valence-corrected chi connectivity index (χ3v) is 3.27. The van der Waals surface area contributed by atoms with Gasteiger partial charge in [-0.1, -0.05) is 0 Å². The topological polar surface area (TPSA) is 66.7 Å². The molecule has 0 aromatic heterocycles. The molecule has 0 unspecified atom stereocenters. The van der Waals surface area contributed by atoms with E-state index in [1.807, 2.05) is 0 Å². The summed E-state index contributed by atoms with van der Waals surface area (Å²) in [5.41, 5.74) is 1.25. The van der Waals surface area contributed by atoms with Gasteiger partial charge in [0.05, 0.1) is 17.2 Å². The summed E-state index contributed by atoms with van der Waals surface area (Å²) < 4.78 is 0. The zero-order chi connectivity index (χ0) is 13.4. The number of likely N-dealkylation sites (N-methyl/N-ethyl adjacent to an activating group) is 1. The number of aryl methyl sites for hydroxylation is 1. The number of non-ortho nitro benzene ring substituents is 1. The van der Waals surface area contributed by atoms with Crippen LogP contribution < -0.4 is 4.90 Å². The van der Waals surface area contributed by atoms with Gasteiger partial charge in [0.15, 0.2) is 5.11 Å². The fourth-order valence-corrected chi connectivity index (χ4v) is 2.12. The van der Waals surface area contributed by atoms with Gasteiger partial charge in [-0.3, -0.25) is 19.8 Å². The number of thiocarbonyl (C=S) groups is 1. The van der Waals surface area contributed by atoms with Crippen molar-refractivity contribution in [1.82, 2.24) is 4.90 Å². The van der Waals surface area contributed by atoms with Gasteiger partial charge in [0.2, 0.25) is 0 Å². The molecule has 0 atom stereocenters. The van der Waals surface area contributed by atoms with Crippen LogP contribution in [-0.4, -0.2) is 34.4 Å². The zero-order valence-electron chi connectivity index (χ0n) is 9.91. The maximum atomic E-state index is 11.8. The lowest BCUT2D eigenvalue weighted by Gasteiger charge is -2.18. The number of hydrogen-bond acceptors (Lipinski definition) is 4. The van der Waals surface area contributed by atoms with Crippen molar-refractivity contribution in [3.8, 4) is 0 Å². The zero-order valence-corrected chi connectivity index (χ0v) is 10.7. The average molecular weight is 265 g/mol. The first kappa shape index (κ1) is 12.4. The minimum atomic E-state index is -0.465. The minimum absolute atomic E-state index is 0.00201. The molecule has 1 aliphatic rings. The van der Waals surface area contributed by atoms with Crippen molar-refractivity contribution < 1.29 is 9.72 Å². The van der Waals surface area contributed by atoms with E-state index in [1.165, 1.54) is 17.0 Å². The van der Waals surface area contributed by atoms with Crippen LogP contribution in [0.25, 0.3) is 0 Å². The molecule has 7 heteroatoms. The molecule has 0 N–H and O–H groups in total. The number of nitro benzene ring substituents is 1. The molecule has 94 valence electrons. The lowest BCUT2D eigenvalue weighted by molar-refractivity contribution is -0.384. The van der Waals surface area contributed by atoms with E-state index in [9.17, 15) is 14.9 Å². The molecule has 0 spiro atoms. The first-order valence-corrected chi connectivity index (χ1v) is 5.65. The molecule has 0 saturated carbocycles. The summed E-state index contributed by atoms with van der Waals surface area (Å²) >= 11 is 5.16. The molecule has 0 bridgehead atoms. The van der Waals surface area contributed by atoms with E-state index < -0.39 is 4.92 Å². The highest BCUT2D eigenvalue weighted by molar-refractivity contribution is 7.80. The number of nitro groups is 1. The summed E-state index contributed by atoms with van der Waals surface area (Å²) in [5.74, 6) is -0.126. The molecule has 1 saturated heterocycles. The van der Waals surface area contributed by atoms with Gasteiger partial charge in [-0.25, -0.2) is 0 Å². The van der Waals surface area contributed by atoms with E-state index >= 15 is 0 Å².